The van der Waals surface area contributed by atoms with Gasteiger partial charge >= 0.3 is 5.97 Å². The lowest BCUT2D eigenvalue weighted by atomic mass is 10.2. The highest BCUT2D eigenvalue weighted by Gasteiger charge is 2.13. The third-order valence-electron chi connectivity index (χ3n) is 2.99. The molecule has 0 radical (unpaired) electrons. The standard InChI is InChI=1S/C16H17NO5S/c1-20-13-6-5-11(8-14(13)21-2)16(19)22-10-15(18)17-9-12-4-3-7-23-12/h3-8H,9-10H2,1-2H3,(H,17,18). The highest BCUT2D eigenvalue weighted by Crippen LogP contribution is 2.27. The summed E-state index contributed by atoms with van der Waals surface area (Å²) in [6, 6.07) is 8.48. The van der Waals surface area contributed by atoms with Crippen LogP contribution in [0.15, 0.2) is 35.7 Å². The zero-order chi connectivity index (χ0) is 16.7. The van der Waals surface area contributed by atoms with Crippen molar-refractivity contribution in [3.63, 3.8) is 0 Å². The highest BCUT2D eigenvalue weighted by atomic mass is 32.1. The molecule has 0 unspecified atom stereocenters. The van der Waals surface area contributed by atoms with Crippen LogP contribution in [-0.2, 0) is 16.1 Å². The molecule has 0 saturated heterocycles. The van der Waals surface area contributed by atoms with Crippen molar-refractivity contribution in [2.75, 3.05) is 20.8 Å². The van der Waals surface area contributed by atoms with Gasteiger partial charge in [0.25, 0.3) is 5.91 Å². The Balaban J connectivity index is 1.85. The Labute approximate surface area is 138 Å². The van der Waals surface area contributed by atoms with Crippen molar-refractivity contribution in [2.24, 2.45) is 0 Å². The SMILES string of the molecule is COc1ccc(C(=O)OCC(=O)NCc2cccs2)cc1OC. The van der Waals surface area contributed by atoms with Crippen molar-refractivity contribution in [1.82, 2.24) is 5.32 Å². The lowest BCUT2D eigenvalue weighted by Gasteiger charge is -2.09. The predicted octanol–water partition coefficient (Wildman–Crippen LogP) is 2.24. The van der Waals surface area contributed by atoms with Crippen LogP contribution in [0.4, 0.5) is 0 Å². The van der Waals surface area contributed by atoms with Crippen molar-refractivity contribution in [1.29, 1.82) is 0 Å². The number of benzene rings is 1. The van der Waals surface area contributed by atoms with E-state index in [2.05, 4.69) is 5.32 Å². The molecule has 2 rings (SSSR count). The van der Waals surface area contributed by atoms with E-state index in [1.54, 1.807) is 23.5 Å². The smallest absolute Gasteiger partial charge is 0.338 e. The first-order valence-electron chi connectivity index (χ1n) is 6.82. The third-order valence-corrected chi connectivity index (χ3v) is 3.87. The normalized spacial score (nSPS) is 10.0. The molecule has 7 heteroatoms. The maximum atomic E-state index is 12.0. The van der Waals surface area contributed by atoms with Crippen molar-refractivity contribution < 1.29 is 23.8 Å². The number of ether oxygens (including phenoxy) is 3. The van der Waals surface area contributed by atoms with E-state index in [1.165, 1.54) is 20.3 Å². The first kappa shape index (κ1) is 16.8. The maximum absolute atomic E-state index is 12.0. The largest absolute Gasteiger partial charge is 0.493 e. The Morgan fingerprint density at radius 1 is 1.13 bits per heavy atom. The Hall–Kier alpha value is -2.54. The van der Waals surface area contributed by atoms with E-state index in [1.807, 2.05) is 17.5 Å². The zero-order valence-electron chi connectivity index (χ0n) is 12.8. The van der Waals surface area contributed by atoms with Gasteiger partial charge < -0.3 is 19.5 Å². The molecule has 1 aromatic heterocycles. The van der Waals surface area contributed by atoms with E-state index in [0.717, 1.165) is 4.88 Å². The van der Waals surface area contributed by atoms with Crippen molar-refractivity contribution >= 4 is 23.2 Å². The quantitative estimate of drug-likeness (QED) is 0.786. The second-order valence-corrected chi connectivity index (χ2v) is 5.53. The van der Waals surface area contributed by atoms with Gasteiger partial charge in [0.05, 0.1) is 26.3 Å². The summed E-state index contributed by atoms with van der Waals surface area (Å²) in [5.41, 5.74) is 0.286. The van der Waals surface area contributed by atoms with Crippen LogP contribution in [0.1, 0.15) is 15.2 Å². The minimum absolute atomic E-state index is 0.286. The summed E-state index contributed by atoms with van der Waals surface area (Å²) >= 11 is 1.55. The lowest BCUT2D eigenvalue weighted by molar-refractivity contribution is -0.124. The topological polar surface area (TPSA) is 73.9 Å². The van der Waals surface area contributed by atoms with Crippen molar-refractivity contribution in [2.45, 2.75) is 6.54 Å². The maximum Gasteiger partial charge on any atom is 0.338 e. The molecule has 0 spiro atoms. The van der Waals surface area contributed by atoms with E-state index < -0.39 is 5.97 Å². The second kappa shape index (κ2) is 8.19. The van der Waals surface area contributed by atoms with Crippen LogP contribution in [-0.4, -0.2) is 32.7 Å². The molecule has 1 amide bonds. The van der Waals surface area contributed by atoms with Crippen LogP contribution >= 0.6 is 11.3 Å². The number of rotatable bonds is 7. The van der Waals surface area contributed by atoms with E-state index >= 15 is 0 Å². The van der Waals surface area contributed by atoms with E-state index in [9.17, 15) is 9.59 Å². The molecule has 0 fully saturated rings. The molecule has 0 aliphatic rings. The van der Waals surface area contributed by atoms with Crippen LogP contribution in [0.25, 0.3) is 0 Å². The van der Waals surface area contributed by atoms with Gasteiger partial charge in [-0.05, 0) is 29.6 Å². The summed E-state index contributed by atoms with van der Waals surface area (Å²) in [5, 5.41) is 4.61. The number of hydrogen-bond donors (Lipinski definition) is 1. The number of hydrogen-bond acceptors (Lipinski definition) is 6. The van der Waals surface area contributed by atoms with Gasteiger partial charge in [-0.3, -0.25) is 4.79 Å². The van der Waals surface area contributed by atoms with E-state index in [4.69, 9.17) is 14.2 Å². The van der Waals surface area contributed by atoms with Crippen molar-refractivity contribution in [3.8, 4) is 11.5 Å². The van der Waals surface area contributed by atoms with Crippen molar-refractivity contribution in [3.05, 3.63) is 46.2 Å². The molecule has 0 bridgehead atoms. The number of esters is 1. The molecule has 1 aromatic carbocycles. The fourth-order valence-electron chi connectivity index (χ4n) is 1.83. The van der Waals surface area contributed by atoms with Gasteiger partial charge in [0, 0.05) is 4.88 Å². The molecule has 122 valence electrons. The van der Waals surface area contributed by atoms with Crippen LogP contribution in [0.3, 0.4) is 0 Å². The van der Waals surface area contributed by atoms with Crippen LogP contribution in [0.2, 0.25) is 0 Å². The summed E-state index contributed by atoms with van der Waals surface area (Å²) in [7, 11) is 2.98. The monoisotopic (exact) mass is 335 g/mol. The van der Waals surface area contributed by atoms with Gasteiger partial charge in [-0.25, -0.2) is 4.79 Å². The number of thiophene rings is 1. The van der Waals surface area contributed by atoms with E-state index in [0.29, 0.717) is 18.0 Å². The summed E-state index contributed by atoms with van der Waals surface area (Å²) in [4.78, 5) is 24.7. The zero-order valence-corrected chi connectivity index (χ0v) is 13.6. The summed E-state index contributed by atoms with van der Waals surface area (Å²) < 4.78 is 15.2. The van der Waals surface area contributed by atoms with Crippen LogP contribution in [0, 0.1) is 0 Å². The molecule has 6 nitrogen and oxygen atoms in total. The summed E-state index contributed by atoms with van der Waals surface area (Å²) in [6.07, 6.45) is 0. The molecule has 1 N–H and O–H groups in total. The first-order valence-corrected chi connectivity index (χ1v) is 7.70. The number of carbonyl (C=O) groups excluding carboxylic acids is 2. The molecule has 23 heavy (non-hydrogen) atoms. The molecular weight excluding hydrogens is 318 g/mol. The molecule has 0 aliphatic heterocycles. The molecular formula is C16H17NO5S. The highest BCUT2D eigenvalue weighted by molar-refractivity contribution is 7.09. The predicted molar refractivity (Wildman–Crippen MR) is 86.0 cm³/mol. The number of nitrogens with one attached hydrogen (secondary N) is 1. The molecule has 0 saturated carbocycles. The minimum atomic E-state index is -0.600. The van der Waals surface area contributed by atoms with Gasteiger partial charge in [-0.2, -0.15) is 0 Å². The third kappa shape index (κ3) is 4.72. The molecule has 0 aliphatic carbocycles. The molecule has 2 aromatic rings. The Morgan fingerprint density at radius 2 is 1.91 bits per heavy atom. The fourth-order valence-corrected chi connectivity index (χ4v) is 2.47. The number of methoxy groups -OCH3 is 2. The van der Waals surface area contributed by atoms with Gasteiger partial charge in [0.1, 0.15) is 0 Å². The fraction of sp³-hybridized carbons (Fsp3) is 0.250. The molecule has 0 atom stereocenters. The van der Waals surface area contributed by atoms with E-state index in [-0.39, 0.29) is 18.1 Å². The first-order chi connectivity index (χ1) is 11.1. The lowest BCUT2D eigenvalue weighted by Crippen LogP contribution is -2.28. The Morgan fingerprint density at radius 3 is 2.57 bits per heavy atom. The van der Waals surface area contributed by atoms with Gasteiger partial charge in [-0.15, -0.1) is 11.3 Å². The van der Waals surface area contributed by atoms with Gasteiger partial charge in [0.2, 0.25) is 0 Å². The summed E-state index contributed by atoms with van der Waals surface area (Å²) in [5.74, 6) is -0.0220. The number of amides is 1. The molecule has 1 heterocycles. The minimum Gasteiger partial charge on any atom is -0.493 e. The van der Waals surface area contributed by atoms with Crippen LogP contribution in [0.5, 0.6) is 11.5 Å². The number of carbonyl (C=O) groups is 2. The Bertz CT molecular complexity index is 669. The van der Waals surface area contributed by atoms with Crippen LogP contribution < -0.4 is 14.8 Å². The van der Waals surface area contributed by atoms with Gasteiger partial charge in [0.15, 0.2) is 18.1 Å². The second-order valence-electron chi connectivity index (χ2n) is 4.50. The summed E-state index contributed by atoms with van der Waals surface area (Å²) in [6.45, 7) is 0.0863. The average Bonchev–Trinajstić information content (AvgIpc) is 3.10. The Kier molecular flexibility index (Phi) is 5.99. The van der Waals surface area contributed by atoms with Gasteiger partial charge in [-0.1, -0.05) is 6.07 Å². The average molecular weight is 335 g/mol.